The molecule has 0 bridgehead atoms. The van der Waals surface area contributed by atoms with Gasteiger partial charge in [-0.15, -0.1) is 0 Å². The van der Waals surface area contributed by atoms with Crippen LogP contribution in [0.4, 0.5) is 14.9 Å². The van der Waals surface area contributed by atoms with Gasteiger partial charge < -0.3 is 15.1 Å². The number of carbonyl (C=O) groups excluding carboxylic acids is 1. The molecule has 1 N–H and O–H groups in total. The standard InChI is InChI=1S/C20H21FN4O/c21-18-6-4-16(5-7-18)8-9-23-20(26)25-12-10-24(11-13-25)19-3-1-2-17(14-19)15-22/h1-7,14H,8-13H2,(H,23,26). The molecule has 1 fully saturated rings. The van der Waals surface area contributed by atoms with Crippen molar-refractivity contribution in [2.75, 3.05) is 37.6 Å². The molecule has 1 aliphatic heterocycles. The van der Waals surface area contributed by atoms with Gasteiger partial charge in [-0.1, -0.05) is 18.2 Å². The molecule has 5 nitrogen and oxygen atoms in total. The molecule has 2 aromatic carbocycles. The number of rotatable bonds is 4. The second-order valence-corrected chi connectivity index (χ2v) is 6.24. The molecule has 0 spiro atoms. The van der Waals surface area contributed by atoms with Crippen LogP contribution in [-0.2, 0) is 6.42 Å². The molecule has 0 atom stereocenters. The van der Waals surface area contributed by atoms with E-state index < -0.39 is 0 Å². The van der Waals surface area contributed by atoms with Crippen molar-refractivity contribution >= 4 is 11.7 Å². The third-order valence-electron chi connectivity index (χ3n) is 4.51. The average Bonchev–Trinajstić information content (AvgIpc) is 2.69. The molecular weight excluding hydrogens is 331 g/mol. The van der Waals surface area contributed by atoms with Crippen molar-refractivity contribution in [3.63, 3.8) is 0 Å². The molecule has 3 rings (SSSR count). The molecule has 26 heavy (non-hydrogen) atoms. The fraction of sp³-hybridized carbons (Fsp3) is 0.300. The van der Waals surface area contributed by atoms with Crippen molar-refractivity contribution in [2.45, 2.75) is 6.42 Å². The molecule has 1 heterocycles. The first-order valence-electron chi connectivity index (χ1n) is 8.68. The largest absolute Gasteiger partial charge is 0.368 e. The van der Waals surface area contributed by atoms with E-state index in [9.17, 15) is 9.18 Å². The van der Waals surface area contributed by atoms with Gasteiger partial charge in [0.15, 0.2) is 0 Å². The quantitative estimate of drug-likeness (QED) is 0.920. The van der Waals surface area contributed by atoms with Crippen LogP contribution in [0.2, 0.25) is 0 Å². The monoisotopic (exact) mass is 352 g/mol. The first-order chi connectivity index (χ1) is 12.7. The third-order valence-corrected chi connectivity index (χ3v) is 4.51. The molecule has 1 aliphatic rings. The second kappa shape index (κ2) is 8.34. The Morgan fingerprint density at radius 3 is 2.54 bits per heavy atom. The maximum Gasteiger partial charge on any atom is 0.317 e. The molecule has 0 saturated carbocycles. The molecule has 0 unspecified atom stereocenters. The summed E-state index contributed by atoms with van der Waals surface area (Å²) in [5.74, 6) is -0.254. The van der Waals surface area contributed by atoms with Crippen molar-refractivity contribution in [3.8, 4) is 6.07 Å². The number of amides is 2. The van der Waals surface area contributed by atoms with E-state index in [1.54, 1.807) is 23.1 Å². The highest BCUT2D eigenvalue weighted by molar-refractivity contribution is 5.74. The Bertz CT molecular complexity index is 792. The maximum atomic E-state index is 12.9. The van der Waals surface area contributed by atoms with E-state index in [0.29, 0.717) is 31.6 Å². The van der Waals surface area contributed by atoms with Crippen molar-refractivity contribution in [1.29, 1.82) is 5.26 Å². The number of urea groups is 1. The van der Waals surface area contributed by atoms with E-state index in [-0.39, 0.29) is 11.8 Å². The molecule has 2 aromatic rings. The second-order valence-electron chi connectivity index (χ2n) is 6.24. The van der Waals surface area contributed by atoms with E-state index in [2.05, 4.69) is 16.3 Å². The summed E-state index contributed by atoms with van der Waals surface area (Å²) in [6.07, 6.45) is 0.674. The van der Waals surface area contributed by atoms with Gasteiger partial charge in [0.2, 0.25) is 0 Å². The zero-order valence-corrected chi connectivity index (χ0v) is 14.5. The highest BCUT2D eigenvalue weighted by atomic mass is 19.1. The summed E-state index contributed by atoms with van der Waals surface area (Å²) < 4.78 is 12.9. The highest BCUT2D eigenvalue weighted by Crippen LogP contribution is 2.17. The van der Waals surface area contributed by atoms with Crippen molar-refractivity contribution in [1.82, 2.24) is 10.2 Å². The Morgan fingerprint density at radius 2 is 1.85 bits per heavy atom. The van der Waals surface area contributed by atoms with Crippen LogP contribution in [-0.4, -0.2) is 43.7 Å². The molecule has 0 radical (unpaired) electrons. The van der Waals surface area contributed by atoms with Gasteiger partial charge in [0.05, 0.1) is 11.6 Å². The Labute approximate surface area is 152 Å². The summed E-state index contributed by atoms with van der Waals surface area (Å²) in [5.41, 5.74) is 2.65. The van der Waals surface area contributed by atoms with Crippen LogP contribution in [0.1, 0.15) is 11.1 Å². The van der Waals surface area contributed by atoms with Crippen LogP contribution in [0.3, 0.4) is 0 Å². The van der Waals surface area contributed by atoms with E-state index in [1.165, 1.54) is 12.1 Å². The Hall–Kier alpha value is -3.07. The Balaban J connectivity index is 1.44. The van der Waals surface area contributed by atoms with Gasteiger partial charge in [0.25, 0.3) is 0 Å². The van der Waals surface area contributed by atoms with Crippen LogP contribution >= 0.6 is 0 Å². The third kappa shape index (κ3) is 4.51. The number of carbonyl (C=O) groups is 1. The van der Waals surface area contributed by atoms with Gasteiger partial charge in [0.1, 0.15) is 5.82 Å². The van der Waals surface area contributed by atoms with Gasteiger partial charge in [-0.25, -0.2) is 9.18 Å². The van der Waals surface area contributed by atoms with Crippen molar-refractivity contribution in [2.24, 2.45) is 0 Å². The Morgan fingerprint density at radius 1 is 1.12 bits per heavy atom. The molecule has 0 aromatic heterocycles. The van der Waals surface area contributed by atoms with Gasteiger partial charge in [-0.05, 0) is 42.3 Å². The first kappa shape index (κ1) is 17.7. The summed E-state index contributed by atoms with van der Waals surface area (Å²) >= 11 is 0. The lowest BCUT2D eigenvalue weighted by Crippen LogP contribution is -2.52. The average molecular weight is 352 g/mol. The first-order valence-corrected chi connectivity index (χ1v) is 8.68. The number of nitrogens with one attached hydrogen (secondary N) is 1. The predicted molar refractivity (Wildman–Crippen MR) is 98.4 cm³/mol. The summed E-state index contributed by atoms with van der Waals surface area (Å²) in [7, 11) is 0. The lowest BCUT2D eigenvalue weighted by molar-refractivity contribution is 0.194. The minimum atomic E-state index is -0.254. The van der Waals surface area contributed by atoms with Crippen LogP contribution < -0.4 is 10.2 Å². The molecule has 6 heteroatoms. The number of benzene rings is 2. The summed E-state index contributed by atoms with van der Waals surface area (Å²) in [6, 6.07) is 15.9. The lowest BCUT2D eigenvalue weighted by atomic mass is 10.1. The van der Waals surface area contributed by atoms with Crippen LogP contribution in [0.5, 0.6) is 0 Å². The summed E-state index contributed by atoms with van der Waals surface area (Å²) in [5, 5.41) is 11.9. The smallest absolute Gasteiger partial charge is 0.317 e. The summed E-state index contributed by atoms with van der Waals surface area (Å²) in [6.45, 7) is 3.27. The molecule has 2 amide bonds. The van der Waals surface area contributed by atoms with E-state index in [1.807, 2.05) is 18.2 Å². The van der Waals surface area contributed by atoms with E-state index in [0.717, 1.165) is 24.3 Å². The minimum Gasteiger partial charge on any atom is -0.368 e. The number of hydrogen-bond donors (Lipinski definition) is 1. The van der Waals surface area contributed by atoms with E-state index in [4.69, 9.17) is 5.26 Å². The molecule has 134 valence electrons. The molecule has 1 saturated heterocycles. The molecular formula is C20H21FN4O. The van der Waals surface area contributed by atoms with Gasteiger partial charge in [-0.2, -0.15) is 5.26 Å². The Kier molecular flexibility index (Phi) is 5.69. The number of halogens is 1. The van der Waals surface area contributed by atoms with Crippen molar-refractivity contribution in [3.05, 3.63) is 65.5 Å². The number of piperazine rings is 1. The lowest BCUT2D eigenvalue weighted by Gasteiger charge is -2.36. The number of nitriles is 1. The normalized spacial score (nSPS) is 14.0. The topological polar surface area (TPSA) is 59.4 Å². The highest BCUT2D eigenvalue weighted by Gasteiger charge is 2.21. The summed E-state index contributed by atoms with van der Waals surface area (Å²) in [4.78, 5) is 16.3. The molecule has 0 aliphatic carbocycles. The number of hydrogen-bond acceptors (Lipinski definition) is 3. The number of nitrogens with zero attached hydrogens (tertiary/aromatic N) is 3. The number of anilines is 1. The fourth-order valence-electron chi connectivity index (χ4n) is 3.02. The van der Waals surface area contributed by atoms with Crippen LogP contribution in [0, 0.1) is 17.1 Å². The maximum absolute atomic E-state index is 12.9. The SMILES string of the molecule is N#Cc1cccc(N2CCN(C(=O)NCCc3ccc(F)cc3)CC2)c1. The van der Waals surface area contributed by atoms with E-state index >= 15 is 0 Å². The van der Waals surface area contributed by atoms with Gasteiger partial charge in [-0.3, -0.25) is 0 Å². The predicted octanol–water partition coefficient (Wildman–Crippen LogP) is 2.77. The zero-order valence-electron chi connectivity index (χ0n) is 14.5. The minimum absolute atomic E-state index is 0.0717. The van der Waals surface area contributed by atoms with Crippen molar-refractivity contribution < 1.29 is 9.18 Å². The van der Waals surface area contributed by atoms with Crippen LogP contribution in [0.15, 0.2) is 48.5 Å². The van der Waals surface area contributed by atoms with Crippen LogP contribution in [0.25, 0.3) is 0 Å². The van der Waals surface area contributed by atoms with Gasteiger partial charge >= 0.3 is 6.03 Å². The van der Waals surface area contributed by atoms with Gasteiger partial charge in [0, 0.05) is 38.4 Å². The fourth-order valence-corrected chi connectivity index (χ4v) is 3.02. The zero-order chi connectivity index (χ0) is 18.4.